The molecule has 2 N–H and O–H groups in total. The first kappa shape index (κ1) is 19.9. The van der Waals surface area contributed by atoms with Crippen molar-refractivity contribution in [2.24, 2.45) is 5.92 Å². The van der Waals surface area contributed by atoms with Crippen molar-refractivity contribution >= 4 is 17.8 Å². The van der Waals surface area contributed by atoms with Gasteiger partial charge in [0.1, 0.15) is 0 Å². The van der Waals surface area contributed by atoms with Gasteiger partial charge in [-0.3, -0.25) is 9.59 Å². The predicted octanol–water partition coefficient (Wildman–Crippen LogP) is 2.47. The lowest BCUT2D eigenvalue weighted by atomic mass is 10.0. The second-order valence-electron chi connectivity index (χ2n) is 7.32. The van der Waals surface area contributed by atoms with E-state index in [9.17, 15) is 14.4 Å². The second kappa shape index (κ2) is 9.36. The number of hydrogen-bond acceptors (Lipinski definition) is 3. The molecule has 6 heteroatoms. The molecule has 0 saturated carbocycles. The summed E-state index contributed by atoms with van der Waals surface area (Å²) in [5.41, 5.74) is 1.19. The van der Waals surface area contributed by atoms with Gasteiger partial charge in [0.2, 0.25) is 11.8 Å². The molecule has 0 aromatic heterocycles. The second-order valence-corrected chi connectivity index (χ2v) is 7.32. The number of likely N-dealkylation sites (tertiary alicyclic amines) is 1. The van der Waals surface area contributed by atoms with Crippen molar-refractivity contribution in [3.8, 4) is 0 Å². The molecule has 26 heavy (non-hydrogen) atoms. The van der Waals surface area contributed by atoms with Crippen LogP contribution >= 0.6 is 0 Å². The molecule has 0 radical (unpaired) electrons. The Kier molecular flexibility index (Phi) is 7.18. The molecule has 1 aliphatic rings. The number of nitrogens with one attached hydrogen (secondary N) is 1. The fourth-order valence-corrected chi connectivity index (χ4v) is 3.12. The minimum absolute atomic E-state index is 0.000678. The van der Waals surface area contributed by atoms with Crippen molar-refractivity contribution in [2.75, 3.05) is 13.1 Å². The van der Waals surface area contributed by atoms with Gasteiger partial charge in [-0.1, -0.05) is 26.0 Å². The summed E-state index contributed by atoms with van der Waals surface area (Å²) in [5, 5.41) is 11.9. The van der Waals surface area contributed by atoms with Crippen LogP contribution in [0, 0.1) is 5.92 Å². The molecule has 1 aliphatic heterocycles. The minimum atomic E-state index is -0.951. The molecule has 1 fully saturated rings. The predicted molar refractivity (Wildman–Crippen MR) is 98.9 cm³/mol. The van der Waals surface area contributed by atoms with Crippen molar-refractivity contribution in [1.29, 1.82) is 0 Å². The van der Waals surface area contributed by atoms with Crippen molar-refractivity contribution in [3.05, 3.63) is 35.4 Å². The third-order valence-corrected chi connectivity index (χ3v) is 4.64. The zero-order valence-electron chi connectivity index (χ0n) is 15.5. The number of rotatable bonds is 7. The molecule has 2 rings (SSSR count). The van der Waals surface area contributed by atoms with Gasteiger partial charge in [0.05, 0.1) is 5.56 Å². The summed E-state index contributed by atoms with van der Waals surface area (Å²) in [6, 6.07) is 6.73. The lowest BCUT2D eigenvalue weighted by molar-refractivity contribution is -0.133. The van der Waals surface area contributed by atoms with Crippen LogP contribution < -0.4 is 5.32 Å². The average molecular weight is 360 g/mol. The topological polar surface area (TPSA) is 86.7 Å². The van der Waals surface area contributed by atoms with E-state index in [1.54, 1.807) is 24.3 Å². The summed E-state index contributed by atoms with van der Waals surface area (Å²) in [5.74, 6) is -0.383. The molecule has 1 aromatic carbocycles. The molecule has 2 amide bonds. The van der Waals surface area contributed by atoms with Crippen LogP contribution in [0.25, 0.3) is 0 Å². The van der Waals surface area contributed by atoms with Crippen molar-refractivity contribution in [2.45, 2.75) is 52.0 Å². The molecule has 0 atom stereocenters. The van der Waals surface area contributed by atoms with Crippen LogP contribution in [0.4, 0.5) is 0 Å². The van der Waals surface area contributed by atoms with E-state index in [1.807, 2.05) is 18.7 Å². The molecular formula is C20H28N2O4. The highest BCUT2D eigenvalue weighted by atomic mass is 16.4. The van der Waals surface area contributed by atoms with Crippen LogP contribution in [0.5, 0.6) is 0 Å². The van der Waals surface area contributed by atoms with E-state index in [0.29, 0.717) is 38.3 Å². The largest absolute Gasteiger partial charge is 0.478 e. The summed E-state index contributed by atoms with van der Waals surface area (Å²) in [6.45, 7) is 5.49. The summed E-state index contributed by atoms with van der Waals surface area (Å²) in [7, 11) is 0. The number of hydrogen-bond donors (Lipinski definition) is 2. The molecule has 1 heterocycles. The quantitative estimate of drug-likeness (QED) is 0.782. The van der Waals surface area contributed by atoms with Gasteiger partial charge in [-0.15, -0.1) is 0 Å². The van der Waals surface area contributed by atoms with Crippen LogP contribution in [-0.4, -0.2) is 46.9 Å². The molecule has 6 nitrogen and oxygen atoms in total. The Labute approximate surface area is 154 Å². The van der Waals surface area contributed by atoms with E-state index in [-0.39, 0.29) is 23.4 Å². The zero-order chi connectivity index (χ0) is 19.1. The van der Waals surface area contributed by atoms with Gasteiger partial charge in [0.25, 0.3) is 0 Å². The van der Waals surface area contributed by atoms with Gasteiger partial charge >= 0.3 is 5.97 Å². The van der Waals surface area contributed by atoms with Crippen molar-refractivity contribution in [1.82, 2.24) is 10.2 Å². The third-order valence-electron chi connectivity index (χ3n) is 4.64. The van der Waals surface area contributed by atoms with E-state index in [4.69, 9.17) is 5.11 Å². The Morgan fingerprint density at radius 1 is 1.15 bits per heavy atom. The summed E-state index contributed by atoms with van der Waals surface area (Å²) in [4.78, 5) is 36.9. The fourth-order valence-electron chi connectivity index (χ4n) is 3.12. The van der Waals surface area contributed by atoms with E-state index in [0.717, 1.165) is 18.4 Å². The fraction of sp³-hybridized carbons (Fsp3) is 0.550. The number of nitrogens with zero attached hydrogens (tertiary/aromatic N) is 1. The first-order valence-corrected chi connectivity index (χ1v) is 9.24. The van der Waals surface area contributed by atoms with Gasteiger partial charge in [-0.25, -0.2) is 4.79 Å². The van der Waals surface area contributed by atoms with Gasteiger partial charge in [-0.2, -0.15) is 0 Å². The van der Waals surface area contributed by atoms with E-state index < -0.39 is 5.97 Å². The monoisotopic (exact) mass is 360 g/mol. The molecule has 0 aliphatic carbocycles. The number of piperidine rings is 1. The number of amides is 2. The Morgan fingerprint density at radius 2 is 1.77 bits per heavy atom. The van der Waals surface area contributed by atoms with Gasteiger partial charge in [-0.05, 0) is 42.9 Å². The molecule has 142 valence electrons. The molecular weight excluding hydrogens is 332 g/mol. The Bertz CT molecular complexity index is 632. The first-order valence-electron chi connectivity index (χ1n) is 9.24. The number of carbonyl (C=O) groups is 3. The lowest BCUT2D eigenvalue weighted by Crippen LogP contribution is -2.46. The zero-order valence-corrected chi connectivity index (χ0v) is 15.5. The van der Waals surface area contributed by atoms with Crippen LogP contribution in [-0.2, 0) is 16.0 Å². The van der Waals surface area contributed by atoms with Gasteiger partial charge in [0, 0.05) is 32.0 Å². The highest BCUT2D eigenvalue weighted by Gasteiger charge is 2.23. The maximum atomic E-state index is 12.1. The third kappa shape index (κ3) is 6.17. The van der Waals surface area contributed by atoms with E-state index in [2.05, 4.69) is 5.32 Å². The highest BCUT2D eigenvalue weighted by molar-refractivity contribution is 5.87. The molecule has 1 aromatic rings. The van der Waals surface area contributed by atoms with Gasteiger partial charge in [0.15, 0.2) is 0 Å². The number of aryl methyl sites for hydroxylation is 1. The number of aromatic carboxylic acids is 1. The maximum Gasteiger partial charge on any atom is 0.335 e. The maximum absolute atomic E-state index is 12.1. The Hall–Kier alpha value is -2.37. The summed E-state index contributed by atoms with van der Waals surface area (Å²) in [6.07, 6.45) is 3.12. The Balaban J connectivity index is 1.70. The van der Waals surface area contributed by atoms with Crippen LogP contribution in [0.15, 0.2) is 24.3 Å². The smallest absolute Gasteiger partial charge is 0.335 e. The number of benzene rings is 1. The van der Waals surface area contributed by atoms with Crippen LogP contribution in [0.1, 0.15) is 55.5 Å². The van der Waals surface area contributed by atoms with E-state index >= 15 is 0 Å². The van der Waals surface area contributed by atoms with Gasteiger partial charge < -0.3 is 15.3 Å². The Morgan fingerprint density at radius 3 is 2.31 bits per heavy atom. The number of carboxylic acid groups (broad SMARTS) is 1. The molecule has 1 saturated heterocycles. The van der Waals surface area contributed by atoms with E-state index in [1.165, 1.54) is 0 Å². The summed E-state index contributed by atoms with van der Waals surface area (Å²) >= 11 is 0. The SMILES string of the molecule is CC(C)CC(=O)N1CCC(NC(=O)CCc2ccc(C(=O)O)cc2)CC1. The normalized spacial score (nSPS) is 15.1. The highest BCUT2D eigenvalue weighted by Crippen LogP contribution is 2.14. The minimum Gasteiger partial charge on any atom is -0.478 e. The number of carbonyl (C=O) groups excluding carboxylic acids is 2. The molecule has 0 bridgehead atoms. The first-order chi connectivity index (χ1) is 12.3. The van der Waals surface area contributed by atoms with Crippen molar-refractivity contribution in [3.63, 3.8) is 0 Å². The van der Waals surface area contributed by atoms with Crippen molar-refractivity contribution < 1.29 is 19.5 Å². The summed E-state index contributed by atoms with van der Waals surface area (Å²) < 4.78 is 0. The lowest BCUT2D eigenvalue weighted by Gasteiger charge is -2.33. The average Bonchev–Trinajstić information content (AvgIpc) is 2.60. The van der Waals surface area contributed by atoms with Crippen LogP contribution in [0.3, 0.4) is 0 Å². The number of carboxylic acids is 1. The molecule has 0 unspecified atom stereocenters. The molecule has 0 spiro atoms. The standard InChI is InChI=1S/C20H28N2O4/c1-14(2)13-19(24)22-11-9-17(10-12-22)21-18(23)8-5-15-3-6-16(7-4-15)20(25)26/h3-4,6-7,14,17H,5,8-13H2,1-2H3,(H,21,23)(H,25,26). The van der Waals surface area contributed by atoms with Crippen LogP contribution in [0.2, 0.25) is 0 Å².